The Kier molecular flexibility index (Phi) is 19.8. The average molecular weight is 399 g/mol. The normalized spacial score (nSPS) is 12.0. The number of carbonyl (C=O) groups excluding carboxylic acids is 2. The van der Waals surface area contributed by atoms with Crippen molar-refractivity contribution in [2.45, 2.75) is 123 Å². The zero-order valence-corrected chi connectivity index (χ0v) is 18.6. The Balaban J connectivity index is 3.26. The molecule has 0 aromatic heterocycles. The van der Waals surface area contributed by atoms with E-state index in [1.807, 2.05) is 6.92 Å². The van der Waals surface area contributed by atoms with Crippen LogP contribution < -0.4 is 10.6 Å². The SMILES string of the molecule is CCCCCCC(O)CCCCCCCCCCC(=O)NCCNC(=O)CC. The average Bonchev–Trinajstić information content (AvgIpc) is 2.69. The lowest BCUT2D eigenvalue weighted by Crippen LogP contribution is -2.34. The van der Waals surface area contributed by atoms with Crippen LogP contribution in [-0.4, -0.2) is 36.1 Å². The van der Waals surface area contributed by atoms with E-state index >= 15 is 0 Å². The van der Waals surface area contributed by atoms with E-state index in [1.54, 1.807) is 0 Å². The minimum Gasteiger partial charge on any atom is -0.393 e. The van der Waals surface area contributed by atoms with Crippen LogP contribution in [0.1, 0.15) is 117 Å². The standard InChI is InChI=1S/C23H46N2O3/c1-3-5-6-13-16-21(26)17-14-11-9-7-8-10-12-15-18-23(28)25-20-19-24-22(27)4-2/h21,26H,3-20H2,1-2H3,(H,24,27)(H,25,28). The summed E-state index contributed by atoms with van der Waals surface area (Å²) in [5.74, 6) is 0.104. The highest BCUT2D eigenvalue weighted by atomic mass is 16.3. The Hall–Kier alpha value is -1.10. The van der Waals surface area contributed by atoms with E-state index in [9.17, 15) is 14.7 Å². The van der Waals surface area contributed by atoms with Crippen molar-refractivity contribution in [2.75, 3.05) is 13.1 Å². The number of amides is 2. The van der Waals surface area contributed by atoms with Gasteiger partial charge in [0.2, 0.25) is 11.8 Å². The summed E-state index contributed by atoms with van der Waals surface area (Å²) in [5.41, 5.74) is 0. The molecule has 0 aliphatic carbocycles. The molecule has 0 bridgehead atoms. The Morgan fingerprint density at radius 1 is 0.679 bits per heavy atom. The number of carbonyl (C=O) groups is 2. The molecular formula is C23H46N2O3. The van der Waals surface area contributed by atoms with Gasteiger partial charge in [-0.1, -0.05) is 84.5 Å². The summed E-state index contributed by atoms with van der Waals surface area (Å²) in [7, 11) is 0. The van der Waals surface area contributed by atoms with Crippen molar-refractivity contribution in [3.05, 3.63) is 0 Å². The molecule has 0 aliphatic heterocycles. The van der Waals surface area contributed by atoms with Gasteiger partial charge >= 0.3 is 0 Å². The first-order valence-electron chi connectivity index (χ1n) is 11.8. The van der Waals surface area contributed by atoms with E-state index in [2.05, 4.69) is 17.6 Å². The monoisotopic (exact) mass is 398 g/mol. The van der Waals surface area contributed by atoms with Gasteiger partial charge in [-0.05, 0) is 19.3 Å². The summed E-state index contributed by atoms with van der Waals surface area (Å²) in [6.07, 6.45) is 17.2. The van der Waals surface area contributed by atoms with Gasteiger partial charge in [-0.3, -0.25) is 9.59 Å². The third-order valence-corrected chi connectivity index (χ3v) is 5.17. The summed E-state index contributed by atoms with van der Waals surface area (Å²) >= 11 is 0. The first kappa shape index (κ1) is 26.9. The molecular weight excluding hydrogens is 352 g/mol. The summed E-state index contributed by atoms with van der Waals surface area (Å²) in [6.45, 7) is 5.05. The fraction of sp³-hybridized carbons (Fsp3) is 0.913. The number of hydrogen-bond donors (Lipinski definition) is 3. The molecule has 28 heavy (non-hydrogen) atoms. The van der Waals surface area contributed by atoms with Crippen molar-refractivity contribution >= 4 is 11.8 Å². The first-order valence-corrected chi connectivity index (χ1v) is 11.8. The van der Waals surface area contributed by atoms with Gasteiger partial charge in [0.1, 0.15) is 0 Å². The van der Waals surface area contributed by atoms with Gasteiger partial charge in [0.25, 0.3) is 0 Å². The number of hydrogen-bond acceptors (Lipinski definition) is 3. The predicted molar refractivity (Wildman–Crippen MR) is 117 cm³/mol. The van der Waals surface area contributed by atoms with Gasteiger partial charge in [-0.15, -0.1) is 0 Å². The first-order chi connectivity index (χ1) is 13.6. The Bertz CT molecular complexity index is 375. The summed E-state index contributed by atoms with van der Waals surface area (Å²) in [4.78, 5) is 22.7. The summed E-state index contributed by atoms with van der Waals surface area (Å²) < 4.78 is 0. The summed E-state index contributed by atoms with van der Waals surface area (Å²) in [6, 6.07) is 0. The van der Waals surface area contributed by atoms with Crippen LogP contribution in [0.5, 0.6) is 0 Å². The van der Waals surface area contributed by atoms with Crippen LogP contribution in [0.3, 0.4) is 0 Å². The Morgan fingerprint density at radius 2 is 1.14 bits per heavy atom. The maximum absolute atomic E-state index is 11.7. The van der Waals surface area contributed by atoms with E-state index in [1.165, 1.54) is 57.8 Å². The second kappa shape index (κ2) is 20.6. The fourth-order valence-electron chi connectivity index (χ4n) is 3.29. The van der Waals surface area contributed by atoms with Gasteiger partial charge in [0, 0.05) is 25.9 Å². The highest BCUT2D eigenvalue weighted by Crippen LogP contribution is 2.14. The van der Waals surface area contributed by atoms with Crippen LogP contribution in [0.25, 0.3) is 0 Å². The number of unbranched alkanes of at least 4 members (excludes halogenated alkanes) is 10. The molecule has 0 fully saturated rings. The Labute approximate surface area is 173 Å². The van der Waals surface area contributed by atoms with Crippen LogP contribution in [0.4, 0.5) is 0 Å². The molecule has 5 nitrogen and oxygen atoms in total. The van der Waals surface area contributed by atoms with Crippen LogP contribution >= 0.6 is 0 Å². The van der Waals surface area contributed by atoms with E-state index in [-0.39, 0.29) is 17.9 Å². The molecule has 0 aliphatic rings. The lowest BCUT2D eigenvalue weighted by Gasteiger charge is -2.10. The molecule has 166 valence electrons. The second-order valence-electron chi connectivity index (χ2n) is 7.92. The maximum atomic E-state index is 11.7. The molecule has 0 spiro atoms. The van der Waals surface area contributed by atoms with Crippen molar-refractivity contribution in [3.63, 3.8) is 0 Å². The zero-order chi connectivity index (χ0) is 20.9. The minimum absolute atomic E-state index is 0.0211. The van der Waals surface area contributed by atoms with Gasteiger partial charge < -0.3 is 15.7 Å². The third-order valence-electron chi connectivity index (χ3n) is 5.17. The molecule has 5 heteroatoms. The smallest absolute Gasteiger partial charge is 0.220 e. The molecule has 1 unspecified atom stereocenters. The molecule has 0 radical (unpaired) electrons. The molecule has 0 heterocycles. The van der Waals surface area contributed by atoms with E-state index in [4.69, 9.17) is 0 Å². The van der Waals surface area contributed by atoms with E-state index < -0.39 is 0 Å². The van der Waals surface area contributed by atoms with E-state index in [0.717, 1.165) is 32.1 Å². The number of nitrogens with one attached hydrogen (secondary N) is 2. The van der Waals surface area contributed by atoms with Crippen LogP contribution in [0.15, 0.2) is 0 Å². The molecule has 1 atom stereocenters. The molecule has 0 aromatic carbocycles. The number of aliphatic hydroxyl groups excluding tert-OH is 1. The largest absolute Gasteiger partial charge is 0.393 e. The maximum Gasteiger partial charge on any atom is 0.220 e. The van der Waals surface area contributed by atoms with Gasteiger partial charge in [0.05, 0.1) is 6.10 Å². The quantitative estimate of drug-likeness (QED) is 0.256. The lowest BCUT2D eigenvalue weighted by molar-refractivity contribution is -0.122. The van der Waals surface area contributed by atoms with Crippen LogP contribution in [0, 0.1) is 0 Å². The van der Waals surface area contributed by atoms with Crippen LogP contribution in [-0.2, 0) is 9.59 Å². The van der Waals surface area contributed by atoms with E-state index in [0.29, 0.717) is 25.9 Å². The highest BCUT2D eigenvalue weighted by molar-refractivity contribution is 5.76. The molecule has 0 saturated heterocycles. The van der Waals surface area contributed by atoms with Crippen molar-refractivity contribution in [2.24, 2.45) is 0 Å². The zero-order valence-electron chi connectivity index (χ0n) is 18.6. The van der Waals surface area contributed by atoms with Gasteiger partial charge in [-0.25, -0.2) is 0 Å². The molecule has 2 amide bonds. The molecule has 0 aromatic rings. The van der Waals surface area contributed by atoms with Crippen molar-refractivity contribution < 1.29 is 14.7 Å². The van der Waals surface area contributed by atoms with Crippen LogP contribution in [0.2, 0.25) is 0 Å². The minimum atomic E-state index is -0.0917. The second-order valence-corrected chi connectivity index (χ2v) is 7.92. The van der Waals surface area contributed by atoms with Crippen molar-refractivity contribution in [1.29, 1.82) is 0 Å². The van der Waals surface area contributed by atoms with Gasteiger partial charge in [-0.2, -0.15) is 0 Å². The predicted octanol–water partition coefficient (Wildman–Crippen LogP) is 4.86. The summed E-state index contributed by atoms with van der Waals surface area (Å²) in [5, 5.41) is 15.5. The highest BCUT2D eigenvalue weighted by Gasteiger charge is 2.04. The third kappa shape index (κ3) is 19.7. The molecule has 0 saturated carbocycles. The lowest BCUT2D eigenvalue weighted by atomic mass is 10.0. The van der Waals surface area contributed by atoms with Crippen molar-refractivity contribution in [3.8, 4) is 0 Å². The molecule has 0 rings (SSSR count). The number of rotatable bonds is 20. The van der Waals surface area contributed by atoms with Crippen molar-refractivity contribution in [1.82, 2.24) is 10.6 Å². The van der Waals surface area contributed by atoms with Gasteiger partial charge in [0.15, 0.2) is 0 Å². The topological polar surface area (TPSA) is 78.4 Å². The Morgan fingerprint density at radius 3 is 1.68 bits per heavy atom. The number of aliphatic hydroxyl groups is 1. The molecule has 3 N–H and O–H groups in total. The fourth-order valence-corrected chi connectivity index (χ4v) is 3.29.